The lowest BCUT2D eigenvalue weighted by Crippen LogP contribution is -2.46. The summed E-state index contributed by atoms with van der Waals surface area (Å²) in [5, 5.41) is 0. The molecule has 0 amide bonds. The summed E-state index contributed by atoms with van der Waals surface area (Å²) < 4.78 is 0. The molecular weight excluding hydrogens is 182 g/mol. The normalized spacial score (nSPS) is 27.6. The standard InChI is InChI=1S/C14H27N/c1-3-4-6-13(2)15-11-9-14(10-12-15)7-5-8-14/h13H,3-12H2,1-2H3. The Bertz CT molecular complexity index is 186. The number of rotatable bonds is 4. The highest BCUT2D eigenvalue weighted by molar-refractivity contribution is 4.92. The van der Waals surface area contributed by atoms with Crippen LogP contribution < -0.4 is 0 Å². The highest BCUT2D eigenvalue weighted by Crippen LogP contribution is 2.49. The van der Waals surface area contributed by atoms with Gasteiger partial charge in [0.25, 0.3) is 0 Å². The first-order valence-electron chi connectivity index (χ1n) is 7.00. The molecule has 1 saturated heterocycles. The van der Waals surface area contributed by atoms with E-state index in [2.05, 4.69) is 18.7 Å². The first kappa shape index (κ1) is 11.4. The molecule has 15 heavy (non-hydrogen) atoms. The molecule has 0 aromatic heterocycles. The zero-order valence-corrected chi connectivity index (χ0v) is 10.6. The fraction of sp³-hybridized carbons (Fsp3) is 1.00. The molecular formula is C14H27N. The Kier molecular flexibility index (Phi) is 3.71. The molecule has 1 unspecified atom stereocenters. The van der Waals surface area contributed by atoms with Crippen LogP contribution in [-0.2, 0) is 0 Å². The van der Waals surface area contributed by atoms with Crippen molar-refractivity contribution in [1.29, 1.82) is 0 Å². The van der Waals surface area contributed by atoms with E-state index in [1.807, 2.05) is 0 Å². The first-order chi connectivity index (χ1) is 7.26. The van der Waals surface area contributed by atoms with Gasteiger partial charge in [-0.15, -0.1) is 0 Å². The third-order valence-electron chi connectivity index (χ3n) is 4.87. The Morgan fingerprint density at radius 1 is 1.13 bits per heavy atom. The summed E-state index contributed by atoms with van der Waals surface area (Å²) in [5.74, 6) is 0. The lowest BCUT2D eigenvalue weighted by molar-refractivity contribution is 0.0173. The lowest BCUT2D eigenvalue weighted by atomic mass is 9.63. The van der Waals surface area contributed by atoms with Crippen molar-refractivity contribution in [3.05, 3.63) is 0 Å². The Hall–Kier alpha value is -0.0400. The first-order valence-corrected chi connectivity index (χ1v) is 7.00. The van der Waals surface area contributed by atoms with E-state index in [-0.39, 0.29) is 0 Å². The van der Waals surface area contributed by atoms with Crippen LogP contribution in [0.4, 0.5) is 0 Å². The molecule has 2 rings (SSSR count). The SMILES string of the molecule is CCCCC(C)N1CCC2(CCC2)CC1. The van der Waals surface area contributed by atoms with Crippen molar-refractivity contribution in [1.82, 2.24) is 4.90 Å². The molecule has 1 heteroatoms. The molecule has 2 aliphatic rings. The minimum atomic E-state index is 0.820. The monoisotopic (exact) mass is 209 g/mol. The third-order valence-corrected chi connectivity index (χ3v) is 4.87. The molecule has 1 aliphatic heterocycles. The van der Waals surface area contributed by atoms with Crippen LogP contribution in [0.15, 0.2) is 0 Å². The molecule has 1 saturated carbocycles. The van der Waals surface area contributed by atoms with E-state index in [1.165, 1.54) is 64.5 Å². The number of nitrogens with zero attached hydrogens (tertiary/aromatic N) is 1. The molecule has 0 N–H and O–H groups in total. The number of piperidine rings is 1. The predicted molar refractivity (Wildman–Crippen MR) is 66.1 cm³/mol. The van der Waals surface area contributed by atoms with Crippen molar-refractivity contribution in [2.45, 2.75) is 71.3 Å². The number of unbranched alkanes of at least 4 members (excludes halogenated alkanes) is 1. The van der Waals surface area contributed by atoms with Crippen LogP contribution in [0.25, 0.3) is 0 Å². The van der Waals surface area contributed by atoms with Gasteiger partial charge in [0, 0.05) is 6.04 Å². The molecule has 2 fully saturated rings. The highest BCUT2D eigenvalue weighted by Gasteiger charge is 2.39. The second kappa shape index (κ2) is 4.86. The molecule has 1 aliphatic carbocycles. The average Bonchev–Trinajstić information content (AvgIpc) is 2.24. The number of likely N-dealkylation sites (tertiary alicyclic amines) is 1. The van der Waals surface area contributed by atoms with E-state index in [0.717, 1.165) is 11.5 Å². The zero-order chi connectivity index (χ0) is 10.7. The molecule has 0 radical (unpaired) electrons. The van der Waals surface area contributed by atoms with Gasteiger partial charge in [-0.3, -0.25) is 0 Å². The Labute approximate surface area is 95.2 Å². The van der Waals surface area contributed by atoms with E-state index < -0.39 is 0 Å². The van der Waals surface area contributed by atoms with Crippen molar-refractivity contribution in [3.8, 4) is 0 Å². The maximum atomic E-state index is 2.74. The van der Waals surface area contributed by atoms with Crippen LogP contribution in [0.2, 0.25) is 0 Å². The molecule has 1 spiro atoms. The summed E-state index contributed by atoms with van der Waals surface area (Å²) in [5.41, 5.74) is 0.820. The second-order valence-corrected chi connectivity index (χ2v) is 5.88. The summed E-state index contributed by atoms with van der Waals surface area (Å²) in [6.45, 7) is 7.48. The van der Waals surface area contributed by atoms with Gasteiger partial charge in [-0.05, 0) is 57.5 Å². The van der Waals surface area contributed by atoms with Crippen LogP contribution in [0.3, 0.4) is 0 Å². The fourth-order valence-electron chi connectivity index (χ4n) is 3.30. The second-order valence-electron chi connectivity index (χ2n) is 5.88. The van der Waals surface area contributed by atoms with Gasteiger partial charge in [0.2, 0.25) is 0 Å². The summed E-state index contributed by atoms with van der Waals surface area (Å²) in [6.07, 6.45) is 11.7. The zero-order valence-electron chi connectivity index (χ0n) is 10.6. The number of hydrogen-bond donors (Lipinski definition) is 0. The molecule has 0 aromatic rings. The Morgan fingerprint density at radius 3 is 2.27 bits per heavy atom. The summed E-state index contributed by atoms with van der Waals surface area (Å²) in [7, 11) is 0. The van der Waals surface area contributed by atoms with Gasteiger partial charge >= 0.3 is 0 Å². The largest absolute Gasteiger partial charge is 0.301 e. The van der Waals surface area contributed by atoms with E-state index in [4.69, 9.17) is 0 Å². The highest BCUT2D eigenvalue weighted by atomic mass is 15.2. The van der Waals surface area contributed by atoms with Crippen LogP contribution in [0.1, 0.15) is 65.2 Å². The van der Waals surface area contributed by atoms with Gasteiger partial charge in [-0.1, -0.05) is 26.2 Å². The fourth-order valence-corrected chi connectivity index (χ4v) is 3.30. The Balaban J connectivity index is 1.72. The van der Waals surface area contributed by atoms with E-state index in [1.54, 1.807) is 0 Å². The molecule has 1 nitrogen and oxygen atoms in total. The molecule has 1 atom stereocenters. The molecule has 0 bridgehead atoms. The molecule has 0 aromatic carbocycles. The number of hydrogen-bond acceptors (Lipinski definition) is 1. The van der Waals surface area contributed by atoms with Crippen LogP contribution in [-0.4, -0.2) is 24.0 Å². The summed E-state index contributed by atoms with van der Waals surface area (Å²) in [6, 6.07) is 0.836. The van der Waals surface area contributed by atoms with Gasteiger partial charge in [0.15, 0.2) is 0 Å². The van der Waals surface area contributed by atoms with Gasteiger partial charge in [0.1, 0.15) is 0 Å². The summed E-state index contributed by atoms with van der Waals surface area (Å²) >= 11 is 0. The van der Waals surface area contributed by atoms with Gasteiger partial charge in [-0.25, -0.2) is 0 Å². The molecule has 1 heterocycles. The van der Waals surface area contributed by atoms with Crippen LogP contribution in [0, 0.1) is 5.41 Å². The Morgan fingerprint density at radius 2 is 1.80 bits per heavy atom. The van der Waals surface area contributed by atoms with Crippen molar-refractivity contribution < 1.29 is 0 Å². The summed E-state index contributed by atoms with van der Waals surface area (Å²) in [4.78, 5) is 2.74. The maximum Gasteiger partial charge on any atom is 0.00669 e. The van der Waals surface area contributed by atoms with Crippen molar-refractivity contribution >= 4 is 0 Å². The molecule has 88 valence electrons. The van der Waals surface area contributed by atoms with Gasteiger partial charge < -0.3 is 4.90 Å². The van der Waals surface area contributed by atoms with E-state index in [0.29, 0.717) is 0 Å². The van der Waals surface area contributed by atoms with Gasteiger partial charge in [0.05, 0.1) is 0 Å². The van der Waals surface area contributed by atoms with Gasteiger partial charge in [-0.2, -0.15) is 0 Å². The third kappa shape index (κ3) is 2.55. The van der Waals surface area contributed by atoms with Crippen molar-refractivity contribution in [2.24, 2.45) is 5.41 Å². The maximum absolute atomic E-state index is 2.74. The minimum absolute atomic E-state index is 0.820. The minimum Gasteiger partial charge on any atom is -0.301 e. The predicted octanol–water partition coefficient (Wildman–Crippen LogP) is 3.83. The van der Waals surface area contributed by atoms with E-state index >= 15 is 0 Å². The van der Waals surface area contributed by atoms with Crippen LogP contribution in [0.5, 0.6) is 0 Å². The topological polar surface area (TPSA) is 3.24 Å². The quantitative estimate of drug-likeness (QED) is 0.680. The van der Waals surface area contributed by atoms with Crippen molar-refractivity contribution in [2.75, 3.05) is 13.1 Å². The van der Waals surface area contributed by atoms with Crippen LogP contribution >= 0.6 is 0 Å². The van der Waals surface area contributed by atoms with Crippen molar-refractivity contribution in [3.63, 3.8) is 0 Å². The van der Waals surface area contributed by atoms with E-state index in [9.17, 15) is 0 Å². The smallest absolute Gasteiger partial charge is 0.00669 e. The average molecular weight is 209 g/mol. The lowest BCUT2D eigenvalue weighted by Gasteiger charge is -2.49.